The summed E-state index contributed by atoms with van der Waals surface area (Å²) in [7, 11) is 1.55. The summed E-state index contributed by atoms with van der Waals surface area (Å²) in [5, 5.41) is 7.45. The van der Waals surface area contributed by atoms with Gasteiger partial charge in [0, 0.05) is 12.3 Å². The largest absolute Gasteiger partial charge is 0.481 e. The molecule has 0 atom stereocenters. The molecule has 1 aromatic heterocycles. The van der Waals surface area contributed by atoms with Crippen molar-refractivity contribution < 1.29 is 9.47 Å². The summed E-state index contributed by atoms with van der Waals surface area (Å²) in [6.45, 7) is 2.33. The topological polar surface area (TPSA) is 55.2 Å². The van der Waals surface area contributed by atoms with Crippen LogP contribution < -0.4 is 4.74 Å². The van der Waals surface area contributed by atoms with Crippen molar-refractivity contribution in [1.82, 2.24) is 4.98 Å². The van der Waals surface area contributed by atoms with Gasteiger partial charge in [0.2, 0.25) is 11.8 Å². The predicted octanol–water partition coefficient (Wildman–Crippen LogP) is 1.45. The van der Waals surface area contributed by atoms with Crippen molar-refractivity contribution in [1.29, 1.82) is 5.41 Å². The highest BCUT2D eigenvalue weighted by molar-refractivity contribution is 5.91. The summed E-state index contributed by atoms with van der Waals surface area (Å²) < 4.78 is 9.89. The molecular weight excluding hydrogens is 168 g/mol. The lowest BCUT2D eigenvalue weighted by Gasteiger charge is -2.04. The van der Waals surface area contributed by atoms with Gasteiger partial charge in [-0.15, -0.1) is 0 Å². The van der Waals surface area contributed by atoms with E-state index in [2.05, 4.69) is 4.98 Å². The van der Waals surface area contributed by atoms with Crippen molar-refractivity contribution in [3.63, 3.8) is 0 Å². The Morgan fingerprint density at radius 3 is 2.77 bits per heavy atom. The van der Waals surface area contributed by atoms with E-state index in [1.165, 1.54) is 0 Å². The summed E-state index contributed by atoms with van der Waals surface area (Å²) in [5.74, 6) is 0.672. The van der Waals surface area contributed by atoms with Crippen LogP contribution in [0.15, 0.2) is 18.3 Å². The second kappa shape index (κ2) is 4.45. The molecule has 0 spiro atoms. The van der Waals surface area contributed by atoms with E-state index in [1.807, 2.05) is 6.92 Å². The first-order chi connectivity index (χ1) is 6.27. The first kappa shape index (κ1) is 9.51. The van der Waals surface area contributed by atoms with Gasteiger partial charge < -0.3 is 9.47 Å². The molecule has 4 heteroatoms. The SMILES string of the molecule is CCOC(=N)c1ccc(OC)nc1. The zero-order chi connectivity index (χ0) is 9.68. The Hall–Kier alpha value is -1.58. The minimum atomic E-state index is 0.137. The fourth-order valence-electron chi connectivity index (χ4n) is 0.863. The number of rotatable bonds is 3. The lowest BCUT2D eigenvalue weighted by atomic mass is 10.3. The highest BCUT2D eigenvalue weighted by atomic mass is 16.5. The van der Waals surface area contributed by atoms with Crippen LogP contribution in [-0.4, -0.2) is 24.6 Å². The van der Waals surface area contributed by atoms with Gasteiger partial charge in [0.25, 0.3) is 0 Å². The van der Waals surface area contributed by atoms with Gasteiger partial charge in [-0.1, -0.05) is 0 Å². The Balaban J connectivity index is 2.74. The molecule has 1 aromatic rings. The number of pyridine rings is 1. The Labute approximate surface area is 77.0 Å². The lowest BCUT2D eigenvalue weighted by Crippen LogP contribution is -2.05. The zero-order valence-corrected chi connectivity index (χ0v) is 7.70. The number of methoxy groups -OCH3 is 1. The van der Waals surface area contributed by atoms with Crippen LogP contribution in [0, 0.1) is 5.41 Å². The Morgan fingerprint density at radius 2 is 2.31 bits per heavy atom. The highest BCUT2D eigenvalue weighted by Gasteiger charge is 2.01. The maximum absolute atomic E-state index is 7.45. The molecule has 0 aliphatic heterocycles. The molecular formula is C9H12N2O2. The summed E-state index contributed by atoms with van der Waals surface area (Å²) >= 11 is 0. The third-order valence-corrected chi connectivity index (χ3v) is 1.50. The summed E-state index contributed by atoms with van der Waals surface area (Å²) in [5.41, 5.74) is 0.655. The molecule has 0 amide bonds. The number of nitrogens with one attached hydrogen (secondary N) is 1. The second-order valence-electron chi connectivity index (χ2n) is 2.35. The van der Waals surface area contributed by atoms with Gasteiger partial charge in [-0.2, -0.15) is 0 Å². The van der Waals surface area contributed by atoms with Crippen LogP contribution in [0.2, 0.25) is 0 Å². The van der Waals surface area contributed by atoms with E-state index in [4.69, 9.17) is 14.9 Å². The lowest BCUT2D eigenvalue weighted by molar-refractivity contribution is 0.325. The van der Waals surface area contributed by atoms with E-state index >= 15 is 0 Å². The van der Waals surface area contributed by atoms with Crippen molar-refractivity contribution in [3.8, 4) is 5.88 Å². The van der Waals surface area contributed by atoms with Crippen molar-refractivity contribution in [2.75, 3.05) is 13.7 Å². The summed E-state index contributed by atoms with van der Waals surface area (Å²) in [4.78, 5) is 3.96. The Bertz CT molecular complexity index is 282. The van der Waals surface area contributed by atoms with Gasteiger partial charge in [0.1, 0.15) is 0 Å². The zero-order valence-electron chi connectivity index (χ0n) is 7.70. The molecule has 1 N–H and O–H groups in total. The van der Waals surface area contributed by atoms with Crippen LogP contribution in [0.4, 0.5) is 0 Å². The van der Waals surface area contributed by atoms with Crippen LogP contribution in [0.5, 0.6) is 5.88 Å². The third-order valence-electron chi connectivity index (χ3n) is 1.50. The predicted molar refractivity (Wildman–Crippen MR) is 49.2 cm³/mol. The van der Waals surface area contributed by atoms with E-state index < -0.39 is 0 Å². The molecule has 0 fully saturated rings. The van der Waals surface area contributed by atoms with Crippen LogP contribution in [0.3, 0.4) is 0 Å². The summed E-state index contributed by atoms with van der Waals surface area (Å²) in [6, 6.07) is 3.44. The Morgan fingerprint density at radius 1 is 1.54 bits per heavy atom. The van der Waals surface area contributed by atoms with Crippen LogP contribution in [-0.2, 0) is 4.74 Å². The van der Waals surface area contributed by atoms with Gasteiger partial charge in [0.05, 0.1) is 19.3 Å². The minimum Gasteiger partial charge on any atom is -0.481 e. The van der Waals surface area contributed by atoms with Crippen molar-refractivity contribution in [2.24, 2.45) is 0 Å². The Kier molecular flexibility index (Phi) is 3.25. The van der Waals surface area contributed by atoms with Gasteiger partial charge in [-0.25, -0.2) is 4.98 Å². The molecule has 0 saturated carbocycles. The van der Waals surface area contributed by atoms with Crippen LogP contribution in [0.1, 0.15) is 12.5 Å². The molecule has 4 nitrogen and oxygen atoms in total. The smallest absolute Gasteiger partial charge is 0.214 e. The van der Waals surface area contributed by atoms with E-state index in [1.54, 1.807) is 25.4 Å². The standard InChI is InChI=1S/C9H12N2O2/c1-3-13-9(10)7-4-5-8(12-2)11-6-7/h4-6,10H,3H2,1-2H3. The molecule has 0 aliphatic rings. The average Bonchev–Trinajstić information content (AvgIpc) is 2.18. The van der Waals surface area contributed by atoms with Crippen molar-refractivity contribution in [3.05, 3.63) is 23.9 Å². The fraction of sp³-hybridized carbons (Fsp3) is 0.333. The molecule has 0 aromatic carbocycles. The molecule has 0 unspecified atom stereocenters. The molecule has 0 radical (unpaired) electrons. The van der Waals surface area contributed by atoms with E-state index in [9.17, 15) is 0 Å². The molecule has 1 rings (SSSR count). The van der Waals surface area contributed by atoms with Crippen molar-refractivity contribution in [2.45, 2.75) is 6.92 Å². The van der Waals surface area contributed by atoms with E-state index in [0.717, 1.165) is 0 Å². The number of ether oxygens (including phenoxy) is 2. The van der Waals surface area contributed by atoms with Gasteiger partial charge in [-0.3, -0.25) is 5.41 Å². The number of nitrogens with zero attached hydrogens (tertiary/aromatic N) is 1. The van der Waals surface area contributed by atoms with Gasteiger partial charge >= 0.3 is 0 Å². The highest BCUT2D eigenvalue weighted by Crippen LogP contribution is 2.07. The van der Waals surface area contributed by atoms with E-state index in [-0.39, 0.29) is 5.90 Å². The molecule has 0 aliphatic carbocycles. The number of hydrogen-bond acceptors (Lipinski definition) is 4. The van der Waals surface area contributed by atoms with Crippen LogP contribution in [0.25, 0.3) is 0 Å². The van der Waals surface area contributed by atoms with Gasteiger partial charge in [-0.05, 0) is 13.0 Å². The third kappa shape index (κ3) is 2.43. The normalized spacial score (nSPS) is 9.38. The number of hydrogen-bond donors (Lipinski definition) is 1. The maximum atomic E-state index is 7.45. The quantitative estimate of drug-likeness (QED) is 0.565. The molecule has 0 bridgehead atoms. The summed E-state index contributed by atoms with van der Waals surface area (Å²) in [6.07, 6.45) is 1.55. The van der Waals surface area contributed by atoms with E-state index in [0.29, 0.717) is 18.1 Å². The van der Waals surface area contributed by atoms with Gasteiger partial charge in [0.15, 0.2) is 0 Å². The fourth-order valence-corrected chi connectivity index (χ4v) is 0.863. The number of aromatic nitrogens is 1. The average molecular weight is 180 g/mol. The minimum absolute atomic E-state index is 0.137. The molecule has 13 heavy (non-hydrogen) atoms. The first-order valence-electron chi connectivity index (χ1n) is 3.99. The molecule has 0 saturated heterocycles. The monoisotopic (exact) mass is 180 g/mol. The first-order valence-corrected chi connectivity index (χ1v) is 3.99. The molecule has 70 valence electrons. The van der Waals surface area contributed by atoms with Crippen LogP contribution >= 0.6 is 0 Å². The second-order valence-corrected chi connectivity index (χ2v) is 2.35. The molecule has 1 heterocycles. The van der Waals surface area contributed by atoms with Crippen molar-refractivity contribution >= 4 is 5.90 Å². The maximum Gasteiger partial charge on any atom is 0.214 e.